The number of aliphatic hydroxyl groups is 1. The van der Waals surface area contributed by atoms with Gasteiger partial charge < -0.3 is 9.84 Å². The fourth-order valence-electron chi connectivity index (χ4n) is 3.12. The molecule has 0 bridgehead atoms. The van der Waals surface area contributed by atoms with E-state index in [0.717, 1.165) is 17.4 Å². The summed E-state index contributed by atoms with van der Waals surface area (Å²) in [5.74, 6) is 0. The third-order valence-corrected chi connectivity index (χ3v) is 5.58. The number of thiophene rings is 1. The monoisotopic (exact) mass is 395 g/mol. The maximum absolute atomic E-state index is 10.3. The topological polar surface area (TPSA) is 32.7 Å². The van der Waals surface area contributed by atoms with Gasteiger partial charge in [-0.05, 0) is 48.5 Å². The van der Waals surface area contributed by atoms with Gasteiger partial charge in [-0.1, -0.05) is 34.1 Å². The number of benzene rings is 1. The molecule has 2 unspecified atom stereocenters. The van der Waals surface area contributed by atoms with E-state index in [1.165, 1.54) is 16.9 Å². The van der Waals surface area contributed by atoms with Gasteiger partial charge in [-0.2, -0.15) is 0 Å². The Hall–Kier alpha value is -0.720. The van der Waals surface area contributed by atoms with Crippen molar-refractivity contribution in [2.24, 2.45) is 0 Å². The van der Waals surface area contributed by atoms with Crippen LogP contribution in [0.1, 0.15) is 29.3 Å². The van der Waals surface area contributed by atoms with E-state index in [0.29, 0.717) is 25.8 Å². The second-order valence-electron chi connectivity index (χ2n) is 5.95. The molecular formula is C18H22BrNO2S. The molecule has 3 nitrogen and oxygen atoms in total. The van der Waals surface area contributed by atoms with Crippen molar-refractivity contribution in [1.29, 1.82) is 0 Å². The summed E-state index contributed by atoms with van der Waals surface area (Å²) in [7, 11) is 0. The predicted molar refractivity (Wildman–Crippen MR) is 97.7 cm³/mol. The molecule has 0 amide bonds. The van der Waals surface area contributed by atoms with Crippen molar-refractivity contribution in [1.82, 2.24) is 4.90 Å². The molecule has 1 aliphatic heterocycles. The van der Waals surface area contributed by atoms with Crippen molar-refractivity contribution in [3.05, 3.63) is 56.7 Å². The highest BCUT2D eigenvalue weighted by Crippen LogP contribution is 2.32. The highest BCUT2D eigenvalue weighted by molar-refractivity contribution is 9.10. The highest BCUT2D eigenvalue weighted by Gasteiger charge is 2.27. The Morgan fingerprint density at radius 1 is 1.30 bits per heavy atom. The van der Waals surface area contributed by atoms with Crippen LogP contribution in [-0.4, -0.2) is 35.8 Å². The van der Waals surface area contributed by atoms with Gasteiger partial charge in [0, 0.05) is 21.9 Å². The summed E-state index contributed by atoms with van der Waals surface area (Å²) in [6.45, 7) is 2.69. The van der Waals surface area contributed by atoms with Gasteiger partial charge in [-0.15, -0.1) is 11.3 Å². The van der Waals surface area contributed by atoms with E-state index in [9.17, 15) is 5.11 Å². The fraction of sp³-hybridized carbons (Fsp3) is 0.444. The van der Waals surface area contributed by atoms with Crippen LogP contribution in [0.3, 0.4) is 0 Å². The van der Waals surface area contributed by atoms with Crippen LogP contribution >= 0.6 is 27.3 Å². The average molecular weight is 396 g/mol. The van der Waals surface area contributed by atoms with Crippen LogP contribution in [0.2, 0.25) is 0 Å². The van der Waals surface area contributed by atoms with Crippen LogP contribution in [0.5, 0.6) is 0 Å². The predicted octanol–water partition coefficient (Wildman–Crippen LogP) is 4.23. The SMILES string of the molecule is OC(COCc1cccs1)CN1CCCC1c1ccc(Br)cc1. The zero-order chi connectivity index (χ0) is 16.1. The maximum atomic E-state index is 10.3. The lowest BCUT2D eigenvalue weighted by Gasteiger charge is -2.27. The summed E-state index contributed by atoms with van der Waals surface area (Å²) in [6, 6.07) is 13.0. The zero-order valence-corrected chi connectivity index (χ0v) is 15.4. The lowest BCUT2D eigenvalue weighted by Crippen LogP contribution is -2.34. The molecule has 5 heteroatoms. The van der Waals surface area contributed by atoms with E-state index in [2.05, 4.69) is 51.2 Å². The van der Waals surface area contributed by atoms with Gasteiger partial charge in [-0.25, -0.2) is 0 Å². The quantitative estimate of drug-likeness (QED) is 0.761. The Labute approximate surface area is 150 Å². The van der Waals surface area contributed by atoms with Crippen molar-refractivity contribution >= 4 is 27.3 Å². The fourth-order valence-corrected chi connectivity index (χ4v) is 4.03. The summed E-state index contributed by atoms with van der Waals surface area (Å²) in [5, 5.41) is 12.3. The summed E-state index contributed by atoms with van der Waals surface area (Å²) in [6.07, 6.45) is 1.90. The Morgan fingerprint density at radius 3 is 2.87 bits per heavy atom. The molecule has 1 aromatic carbocycles. The first kappa shape index (κ1) is 17.1. The molecule has 0 spiro atoms. The van der Waals surface area contributed by atoms with Crippen LogP contribution in [-0.2, 0) is 11.3 Å². The van der Waals surface area contributed by atoms with E-state index >= 15 is 0 Å². The number of halogens is 1. The van der Waals surface area contributed by atoms with Crippen molar-refractivity contribution in [2.75, 3.05) is 19.7 Å². The second kappa shape index (κ2) is 8.40. The highest BCUT2D eigenvalue weighted by atomic mass is 79.9. The number of hydrogen-bond donors (Lipinski definition) is 1. The van der Waals surface area contributed by atoms with Crippen molar-refractivity contribution in [2.45, 2.75) is 31.6 Å². The third kappa shape index (κ3) is 4.88. The van der Waals surface area contributed by atoms with Crippen LogP contribution in [0.15, 0.2) is 46.3 Å². The van der Waals surface area contributed by atoms with Gasteiger partial charge >= 0.3 is 0 Å². The molecule has 2 heterocycles. The van der Waals surface area contributed by atoms with Crippen LogP contribution in [0.4, 0.5) is 0 Å². The van der Waals surface area contributed by atoms with Crippen molar-refractivity contribution in [3.8, 4) is 0 Å². The molecule has 23 heavy (non-hydrogen) atoms. The molecule has 2 atom stereocenters. The van der Waals surface area contributed by atoms with Crippen LogP contribution in [0, 0.1) is 0 Å². The number of rotatable bonds is 7. The summed E-state index contributed by atoms with van der Waals surface area (Å²) >= 11 is 5.17. The largest absolute Gasteiger partial charge is 0.389 e. The first-order valence-corrected chi connectivity index (χ1v) is 9.67. The van der Waals surface area contributed by atoms with Gasteiger partial charge in [0.05, 0.1) is 19.3 Å². The van der Waals surface area contributed by atoms with E-state index in [4.69, 9.17) is 4.74 Å². The molecular weight excluding hydrogens is 374 g/mol. The van der Waals surface area contributed by atoms with Crippen molar-refractivity contribution < 1.29 is 9.84 Å². The molecule has 0 aliphatic carbocycles. The van der Waals surface area contributed by atoms with Crippen molar-refractivity contribution in [3.63, 3.8) is 0 Å². The van der Waals surface area contributed by atoms with E-state index in [1.54, 1.807) is 11.3 Å². The maximum Gasteiger partial charge on any atom is 0.0900 e. The minimum Gasteiger partial charge on any atom is -0.389 e. The number of β-amino-alcohol motifs (C(OH)–C–C–N with tert-alkyl or cyclic N) is 1. The molecule has 1 N–H and O–H groups in total. The zero-order valence-electron chi connectivity index (χ0n) is 13.0. The normalized spacial score (nSPS) is 20.0. The molecule has 2 aromatic rings. The van der Waals surface area contributed by atoms with Crippen LogP contribution in [0.25, 0.3) is 0 Å². The molecule has 124 valence electrons. The average Bonchev–Trinajstić information content (AvgIpc) is 3.20. The van der Waals surface area contributed by atoms with E-state index in [-0.39, 0.29) is 0 Å². The first-order valence-electron chi connectivity index (χ1n) is 8.00. The Balaban J connectivity index is 1.48. The lowest BCUT2D eigenvalue weighted by atomic mass is 10.0. The van der Waals surface area contributed by atoms with Gasteiger partial charge in [0.15, 0.2) is 0 Å². The lowest BCUT2D eigenvalue weighted by molar-refractivity contribution is 0.00848. The van der Waals surface area contributed by atoms with Gasteiger partial charge in [0.2, 0.25) is 0 Å². The Morgan fingerprint density at radius 2 is 2.13 bits per heavy atom. The minimum absolute atomic E-state index is 0.390. The van der Waals surface area contributed by atoms with Gasteiger partial charge in [0.1, 0.15) is 0 Å². The van der Waals surface area contributed by atoms with Gasteiger partial charge in [0.25, 0.3) is 0 Å². The number of nitrogens with zero attached hydrogens (tertiary/aromatic N) is 1. The molecule has 0 saturated carbocycles. The number of ether oxygens (including phenoxy) is 1. The molecule has 3 rings (SSSR count). The smallest absolute Gasteiger partial charge is 0.0900 e. The molecule has 0 radical (unpaired) electrons. The second-order valence-corrected chi connectivity index (χ2v) is 7.90. The number of hydrogen-bond acceptors (Lipinski definition) is 4. The summed E-state index contributed by atoms with van der Waals surface area (Å²) < 4.78 is 6.74. The Kier molecular flexibility index (Phi) is 6.25. The standard InChI is InChI=1S/C18H22BrNO2S/c19-15-7-5-14(6-8-15)18-4-1-9-20(18)11-16(21)12-22-13-17-3-2-10-23-17/h2-3,5-8,10,16,18,21H,1,4,9,11-13H2. The summed E-state index contributed by atoms with van der Waals surface area (Å²) in [4.78, 5) is 3.58. The summed E-state index contributed by atoms with van der Waals surface area (Å²) in [5.41, 5.74) is 1.33. The number of aliphatic hydroxyl groups excluding tert-OH is 1. The van der Waals surface area contributed by atoms with Crippen LogP contribution < -0.4 is 0 Å². The molecule has 1 aliphatic rings. The van der Waals surface area contributed by atoms with Gasteiger partial charge in [-0.3, -0.25) is 4.90 Å². The molecule has 1 fully saturated rings. The third-order valence-electron chi connectivity index (χ3n) is 4.20. The molecule has 1 aromatic heterocycles. The first-order chi connectivity index (χ1) is 11.2. The van der Waals surface area contributed by atoms with E-state index in [1.807, 2.05) is 11.4 Å². The molecule has 1 saturated heterocycles. The van der Waals surface area contributed by atoms with E-state index < -0.39 is 6.10 Å². The Bertz CT molecular complexity index is 588. The minimum atomic E-state index is -0.439. The number of likely N-dealkylation sites (tertiary alicyclic amines) is 1.